The molecule has 100 valence electrons. The van der Waals surface area contributed by atoms with E-state index in [0.717, 1.165) is 5.76 Å². The molecule has 1 N–H and O–H groups in total. The molecule has 2 rings (SSSR count). The van der Waals surface area contributed by atoms with Crippen LogP contribution in [0.1, 0.15) is 34.8 Å². The topological polar surface area (TPSA) is 42.2 Å². The molecule has 1 unspecified atom stereocenters. The van der Waals surface area contributed by atoms with Gasteiger partial charge in [0.25, 0.3) is 5.91 Å². The van der Waals surface area contributed by atoms with E-state index in [1.54, 1.807) is 18.2 Å². The molecule has 5 heteroatoms. The lowest BCUT2D eigenvalue weighted by Crippen LogP contribution is -2.26. The largest absolute Gasteiger partial charge is 0.464 e. The average Bonchev–Trinajstić information content (AvgIpc) is 2.79. The maximum atomic E-state index is 12.1. The van der Waals surface area contributed by atoms with Crippen molar-refractivity contribution in [3.05, 3.63) is 52.4 Å². The predicted octanol–water partition coefficient (Wildman–Crippen LogP) is 4.02. The second-order valence-electron chi connectivity index (χ2n) is 4.31. The molecule has 1 atom stereocenters. The summed E-state index contributed by atoms with van der Waals surface area (Å²) < 4.78 is 5.47. The molecular weight excluding hydrogens is 282 g/mol. The summed E-state index contributed by atoms with van der Waals surface area (Å²) in [6, 6.07) is 8.51. The van der Waals surface area contributed by atoms with Crippen LogP contribution >= 0.6 is 24.2 Å². The van der Waals surface area contributed by atoms with Gasteiger partial charge in [-0.15, -0.1) is 12.6 Å². The van der Waals surface area contributed by atoms with E-state index < -0.39 is 0 Å². The predicted molar refractivity (Wildman–Crippen MR) is 78.0 cm³/mol. The Morgan fingerprint density at radius 2 is 2.11 bits per heavy atom. The van der Waals surface area contributed by atoms with Crippen LogP contribution in [0.3, 0.4) is 0 Å². The highest BCUT2D eigenvalue weighted by molar-refractivity contribution is 7.80. The van der Waals surface area contributed by atoms with Crippen LogP contribution < -0.4 is 5.32 Å². The molecule has 0 saturated carbocycles. The van der Waals surface area contributed by atoms with Crippen LogP contribution in [0.25, 0.3) is 0 Å². The van der Waals surface area contributed by atoms with Crippen molar-refractivity contribution in [1.29, 1.82) is 0 Å². The van der Waals surface area contributed by atoms with Crippen LogP contribution in [0.5, 0.6) is 0 Å². The van der Waals surface area contributed by atoms with Gasteiger partial charge in [-0.05, 0) is 44.2 Å². The minimum absolute atomic E-state index is 0.221. The van der Waals surface area contributed by atoms with Crippen LogP contribution in [-0.2, 0) is 0 Å². The Bertz CT molecular complexity index is 609. The molecule has 0 aliphatic heterocycles. The fourth-order valence-corrected chi connectivity index (χ4v) is 2.13. The highest BCUT2D eigenvalue weighted by Crippen LogP contribution is 2.21. The molecule has 1 aromatic carbocycles. The van der Waals surface area contributed by atoms with Gasteiger partial charge in [0.05, 0.1) is 16.6 Å². The van der Waals surface area contributed by atoms with E-state index in [1.807, 2.05) is 26.0 Å². The van der Waals surface area contributed by atoms with Gasteiger partial charge in [0, 0.05) is 4.90 Å². The van der Waals surface area contributed by atoms with E-state index in [1.165, 1.54) is 0 Å². The summed E-state index contributed by atoms with van der Waals surface area (Å²) >= 11 is 10.2. The second kappa shape index (κ2) is 5.72. The number of carbonyl (C=O) groups excluding carboxylic acids is 1. The first-order valence-corrected chi connectivity index (χ1v) is 6.65. The Morgan fingerprint density at radius 1 is 1.37 bits per heavy atom. The van der Waals surface area contributed by atoms with Gasteiger partial charge in [-0.2, -0.15) is 0 Å². The SMILES string of the molecule is Cc1ccc(C(C)NC(=O)c2cc(S)ccc2Cl)o1. The number of rotatable bonds is 3. The van der Waals surface area contributed by atoms with E-state index in [0.29, 0.717) is 21.2 Å². The molecule has 19 heavy (non-hydrogen) atoms. The summed E-state index contributed by atoms with van der Waals surface area (Å²) in [5, 5.41) is 3.24. The van der Waals surface area contributed by atoms with Crippen molar-refractivity contribution < 1.29 is 9.21 Å². The first kappa shape index (κ1) is 14.0. The standard InChI is InChI=1S/C14H14ClNO2S/c1-8-3-6-13(18-8)9(2)16-14(17)11-7-10(19)4-5-12(11)15/h3-7,9,19H,1-2H3,(H,16,17). The third kappa shape index (κ3) is 3.33. The molecule has 0 spiro atoms. The molecule has 2 aromatic rings. The second-order valence-corrected chi connectivity index (χ2v) is 5.23. The van der Waals surface area contributed by atoms with Gasteiger partial charge in [0.15, 0.2) is 0 Å². The summed E-state index contributed by atoms with van der Waals surface area (Å²) in [4.78, 5) is 12.8. The summed E-state index contributed by atoms with van der Waals surface area (Å²) in [6.07, 6.45) is 0. The van der Waals surface area contributed by atoms with Gasteiger partial charge in [0.2, 0.25) is 0 Å². The summed E-state index contributed by atoms with van der Waals surface area (Å²) in [5.74, 6) is 1.28. The van der Waals surface area contributed by atoms with Gasteiger partial charge in [-0.25, -0.2) is 0 Å². The van der Waals surface area contributed by atoms with Crippen LogP contribution in [-0.4, -0.2) is 5.91 Å². The Labute approximate surface area is 122 Å². The summed E-state index contributed by atoms with van der Waals surface area (Å²) in [5.41, 5.74) is 0.407. The number of aryl methyl sites for hydroxylation is 1. The molecule has 0 bridgehead atoms. The van der Waals surface area contributed by atoms with E-state index in [2.05, 4.69) is 17.9 Å². The molecule has 0 fully saturated rings. The Kier molecular flexibility index (Phi) is 4.22. The fourth-order valence-electron chi connectivity index (χ4n) is 1.72. The number of hydrogen-bond acceptors (Lipinski definition) is 3. The van der Waals surface area contributed by atoms with E-state index in [9.17, 15) is 4.79 Å². The molecule has 0 aliphatic carbocycles. The number of carbonyl (C=O) groups is 1. The van der Waals surface area contributed by atoms with Gasteiger partial charge >= 0.3 is 0 Å². The lowest BCUT2D eigenvalue weighted by Gasteiger charge is -2.12. The van der Waals surface area contributed by atoms with E-state index >= 15 is 0 Å². The van der Waals surface area contributed by atoms with Crippen molar-refractivity contribution in [1.82, 2.24) is 5.32 Å². The number of hydrogen-bond donors (Lipinski definition) is 2. The van der Waals surface area contributed by atoms with Crippen molar-refractivity contribution in [3.63, 3.8) is 0 Å². The maximum absolute atomic E-state index is 12.1. The Balaban J connectivity index is 2.15. The van der Waals surface area contributed by atoms with Crippen LogP contribution in [0.4, 0.5) is 0 Å². The van der Waals surface area contributed by atoms with Gasteiger partial charge < -0.3 is 9.73 Å². The molecule has 1 aromatic heterocycles. The molecule has 3 nitrogen and oxygen atoms in total. The zero-order valence-corrected chi connectivity index (χ0v) is 12.3. The number of furan rings is 1. The van der Waals surface area contributed by atoms with Crippen LogP contribution in [0.15, 0.2) is 39.6 Å². The van der Waals surface area contributed by atoms with Gasteiger partial charge in [0.1, 0.15) is 11.5 Å². The number of amides is 1. The van der Waals surface area contributed by atoms with Crippen molar-refractivity contribution in [2.75, 3.05) is 0 Å². The first-order valence-electron chi connectivity index (χ1n) is 5.83. The monoisotopic (exact) mass is 295 g/mol. The third-order valence-corrected chi connectivity index (χ3v) is 3.34. The smallest absolute Gasteiger partial charge is 0.253 e. The number of nitrogens with one attached hydrogen (secondary N) is 1. The molecule has 0 aliphatic rings. The van der Waals surface area contributed by atoms with Crippen molar-refractivity contribution in [2.24, 2.45) is 0 Å². The number of halogens is 1. The van der Waals surface area contributed by atoms with Crippen LogP contribution in [0.2, 0.25) is 5.02 Å². The Hall–Kier alpha value is -1.39. The van der Waals surface area contributed by atoms with Crippen LogP contribution in [0, 0.1) is 6.92 Å². The molecule has 0 radical (unpaired) electrons. The highest BCUT2D eigenvalue weighted by Gasteiger charge is 2.16. The first-order chi connectivity index (χ1) is 8.97. The van der Waals surface area contributed by atoms with E-state index in [-0.39, 0.29) is 11.9 Å². The van der Waals surface area contributed by atoms with Gasteiger partial charge in [-0.1, -0.05) is 11.6 Å². The lowest BCUT2D eigenvalue weighted by molar-refractivity contribution is 0.0935. The van der Waals surface area contributed by atoms with Crippen molar-refractivity contribution in [2.45, 2.75) is 24.8 Å². The highest BCUT2D eigenvalue weighted by atomic mass is 35.5. The Morgan fingerprint density at radius 3 is 2.74 bits per heavy atom. The number of thiol groups is 1. The average molecular weight is 296 g/mol. The van der Waals surface area contributed by atoms with E-state index in [4.69, 9.17) is 16.0 Å². The minimum Gasteiger partial charge on any atom is -0.464 e. The molecular formula is C14H14ClNO2S. The molecule has 1 heterocycles. The number of benzene rings is 1. The summed E-state index contributed by atoms with van der Waals surface area (Å²) in [7, 11) is 0. The lowest BCUT2D eigenvalue weighted by atomic mass is 10.2. The van der Waals surface area contributed by atoms with Crippen molar-refractivity contribution in [3.8, 4) is 0 Å². The minimum atomic E-state index is -0.248. The summed E-state index contributed by atoms with van der Waals surface area (Å²) in [6.45, 7) is 3.72. The zero-order chi connectivity index (χ0) is 14.0. The maximum Gasteiger partial charge on any atom is 0.253 e. The quantitative estimate of drug-likeness (QED) is 0.840. The molecule has 0 saturated heterocycles. The molecule has 1 amide bonds. The van der Waals surface area contributed by atoms with Crippen molar-refractivity contribution >= 4 is 30.1 Å². The zero-order valence-electron chi connectivity index (χ0n) is 10.6. The van der Waals surface area contributed by atoms with Gasteiger partial charge in [-0.3, -0.25) is 4.79 Å². The fraction of sp³-hybridized carbons (Fsp3) is 0.214. The normalized spacial score (nSPS) is 12.2. The third-order valence-electron chi connectivity index (χ3n) is 2.73.